The minimum Gasteiger partial charge on any atom is -0.376 e. The van der Waals surface area contributed by atoms with Gasteiger partial charge in [-0.15, -0.1) is 0 Å². The van der Waals surface area contributed by atoms with E-state index in [1.807, 2.05) is 7.11 Å². The average Bonchev–Trinajstić information content (AvgIpc) is 2.27. The number of nitrogens with one attached hydrogen (secondary N) is 1. The van der Waals surface area contributed by atoms with E-state index in [4.69, 9.17) is 4.74 Å². The third kappa shape index (κ3) is 3.32. The molecule has 0 aliphatic heterocycles. The normalized spacial score (nSPS) is 24.3. The fraction of sp³-hybridized carbons (Fsp3) is 0.867. The summed E-state index contributed by atoms with van der Waals surface area (Å²) in [5, 5.41) is 3.55. The van der Waals surface area contributed by atoms with E-state index in [-0.39, 0.29) is 11.6 Å². The van der Waals surface area contributed by atoms with Gasteiger partial charge in [-0.1, -0.05) is 32.9 Å². The first-order valence-corrected chi connectivity index (χ1v) is 6.81. The molecule has 1 aliphatic rings. The second kappa shape index (κ2) is 5.53. The predicted octanol–water partition coefficient (Wildman–Crippen LogP) is 3.53. The quantitative estimate of drug-likeness (QED) is 0.741. The third-order valence-electron chi connectivity index (χ3n) is 4.28. The van der Waals surface area contributed by atoms with E-state index in [1.165, 1.54) is 18.4 Å². The summed E-state index contributed by atoms with van der Waals surface area (Å²) in [5.74, 6) is 0. The zero-order chi connectivity index (χ0) is 13.1. The Bertz CT molecular complexity index is 260. The van der Waals surface area contributed by atoms with Crippen LogP contribution in [0.2, 0.25) is 0 Å². The van der Waals surface area contributed by atoms with E-state index in [9.17, 15) is 0 Å². The molecule has 1 fully saturated rings. The molecule has 1 saturated carbocycles. The lowest BCUT2D eigenvalue weighted by Crippen LogP contribution is -2.55. The first kappa shape index (κ1) is 14.7. The topological polar surface area (TPSA) is 21.3 Å². The summed E-state index contributed by atoms with van der Waals surface area (Å²) < 4.78 is 5.92. The summed E-state index contributed by atoms with van der Waals surface area (Å²) in [4.78, 5) is 0. The highest BCUT2D eigenvalue weighted by atomic mass is 16.5. The molecule has 0 aromatic rings. The molecule has 1 N–H and O–H groups in total. The summed E-state index contributed by atoms with van der Waals surface area (Å²) in [6.45, 7) is 14.1. The van der Waals surface area contributed by atoms with Crippen LogP contribution < -0.4 is 5.32 Å². The second-order valence-electron chi connectivity index (χ2n) is 6.27. The molecule has 0 aromatic carbocycles. The van der Waals surface area contributed by atoms with Crippen molar-refractivity contribution in [2.45, 2.75) is 65.0 Å². The van der Waals surface area contributed by atoms with Gasteiger partial charge < -0.3 is 10.1 Å². The lowest BCUT2D eigenvalue weighted by Gasteiger charge is -2.47. The highest BCUT2D eigenvalue weighted by Crippen LogP contribution is 2.44. The molecule has 0 spiro atoms. The maximum atomic E-state index is 5.92. The van der Waals surface area contributed by atoms with Crippen LogP contribution in [-0.2, 0) is 4.74 Å². The molecule has 1 rings (SSSR count). The summed E-state index contributed by atoms with van der Waals surface area (Å²) in [7, 11) is 1.85. The van der Waals surface area contributed by atoms with Crippen LogP contribution in [-0.4, -0.2) is 25.3 Å². The molecule has 100 valence electrons. The lowest BCUT2D eigenvalue weighted by atomic mass is 9.67. The van der Waals surface area contributed by atoms with E-state index in [2.05, 4.69) is 39.6 Å². The molecular formula is C15H29NO. The van der Waals surface area contributed by atoms with Gasteiger partial charge in [0.1, 0.15) is 0 Å². The largest absolute Gasteiger partial charge is 0.376 e. The zero-order valence-corrected chi connectivity index (χ0v) is 12.2. The van der Waals surface area contributed by atoms with Crippen molar-refractivity contribution in [1.29, 1.82) is 0 Å². The molecule has 17 heavy (non-hydrogen) atoms. The van der Waals surface area contributed by atoms with Crippen molar-refractivity contribution in [2.24, 2.45) is 5.41 Å². The lowest BCUT2D eigenvalue weighted by molar-refractivity contribution is -0.0779. The van der Waals surface area contributed by atoms with Crippen molar-refractivity contribution in [3.05, 3.63) is 12.2 Å². The Balaban J connectivity index is 2.84. The molecule has 1 unspecified atom stereocenters. The molecule has 1 atom stereocenters. The fourth-order valence-electron chi connectivity index (χ4n) is 2.97. The van der Waals surface area contributed by atoms with Gasteiger partial charge in [0.25, 0.3) is 0 Å². The zero-order valence-electron chi connectivity index (χ0n) is 12.2. The summed E-state index contributed by atoms with van der Waals surface area (Å²) in [6, 6.07) is 0.286. The van der Waals surface area contributed by atoms with Crippen molar-refractivity contribution in [1.82, 2.24) is 5.32 Å². The Morgan fingerprint density at radius 1 is 1.29 bits per heavy atom. The van der Waals surface area contributed by atoms with Crippen LogP contribution >= 0.6 is 0 Å². The molecule has 0 saturated heterocycles. The van der Waals surface area contributed by atoms with Crippen LogP contribution in [0.5, 0.6) is 0 Å². The summed E-state index contributed by atoms with van der Waals surface area (Å²) in [5.41, 5.74) is 1.61. The molecule has 2 nitrogen and oxygen atoms in total. The maximum absolute atomic E-state index is 5.92. The van der Waals surface area contributed by atoms with Gasteiger partial charge in [0, 0.05) is 7.11 Å². The van der Waals surface area contributed by atoms with E-state index >= 15 is 0 Å². The fourth-order valence-corrected chi connectivity index (χ4v) is 2.97. The van der Waals surface area contributed by atoms with Crippen LogP contribution in [0, 0.1) is 5.41 Å². The number of ether oxygens (including phenoxy) is 1. The van der Waals surface area contributed by atoms with Gasteiger partial charge >= 0.3 is 0 Å². The predicted molar refractivity (Wildman–Crippen MR) is 74.3 cm³/mol. The molecule has 0 amide bonds. The first-order valence-electron chi connectivity index (χ1n) is 6.81. The van der Waals surface area contributed by atoms with Crippen molar-refractivity contribution < 1.29 is 4.74 Å². The first-order chi connectivity index (χ1) is 7.87. The Labute approximate surface area is 107 Å². The van der Waals surface area contributed by atoms with Crippen molar-refractivity contribution in [3.63, 3.8) is 0 Å². The number of hydrogen-bond acceptors (Lipinski definition) is 2. The molecule has 0 aromatic heterocycles. The number of likely N-dealkylation sites (N-methyl/N-ethyl adjacent to an activating group) is 1. The Morgan fingerprint density at radius 2 is 1.82 bits per heavy atom. The SMILES string of the molecule is C=C(C)C(NCC)C1(OC)CCC(C)(C)CC1. The standard InChI is InChI=1S/C15H29NO/c1-7-16-13(12(2)3)15(17-6)10-8-14(4,5)9-11-15/h13,16H,2,7-11H2,1,3-6H3. The van der Waals surface area contributed by atoms with Crippen molar-refractivity contribution in [3.8, 4) is 0 Å². The van der Waals surface area contributed by atoms with Gasteiger partial charge in [-0.3, -0.25) is 0 Å². The van der Waals surface area contributed by atoms with Crippen LogP contribution in [0.25, 0.3) is 0 Å². The van der Waals surface area contributed by atoms with Gasteiger partial charge in [-0.2, -0.15) is 0 Å². The van der Waals surface area contributed by atoms with Gasteiger partial charge in [0.05, 0.1) is 11.6 Å². The molecule has 0 heterocycles. The molecular weight excluding hydrogens is 210 g/mol. The Kier molecular flexibility index (Phi) is 4.79. The molecule has 2 heteroatoms. The van der Waals surface area contributed by atoms with E-state index in [1.54, 1.807) is 0 Å². The second-order valence-corrected chi connectivity index (χ2v) is 6.27. The van der Waals surface area contributed by atoms with Gasteiger partial charge in [0.2, 0.25) is 0 Å². The Hall–Kier alpha value is -0.340. The minimum absolute atomic E-state index is 0.0443. The van der Waals surface area contributed by atoms with Crippen LogP contribution in [0.3, 0.4) is 0 Å². The maximum Gasteiger partial charge on any atom is 0.0869 e. The van der Waals surface area contributed by atoms with Crippen LogP contribution in [0.15, 0.2) is 12.2 Å². The van der Waals surface area contributed by atoms with Crippen LogP contribution in [0.1, 0.15) is 53.4 Å². The molecule has 0 bridgehead atoms. The highest BCUT2D eigenvalue weighted by molar-refractivity contribution is 5.13. The third-order valence-corrected chi connectivity index (χ3v) is 4.28. The summed E-state index contributed by atoms with van der Waals surface area (Å²) in [6.07, 6.45) is 4.72. The monoisotopic (exact) mass is 239 g/mol. The van der Waals surface area contributed by atoms with E-state index < -0.39 is 0 Å². The Morgan fingerprint density at radius 3 is 2.18 bits per heavy atom. The van der Waals surface area contributed by atoms with E-state index in [0.29, 0.717) is 5.41 Å². The minimum atomic E-state index is -0.0443. The van der Waals surface area contributed by atoms with E-state index in [0.717, 1.165) is 19.4 Å². The number of rotatable bonds is 5. The number of hydrogen-bond donors (Lipinski definition) is 1. The summed E-state index contributed by atoms with van der Waals surface area (Å²) >= 11 is 0. The molecule has 0 radical (unpaired) electrons. The average molecular weight is 239 g/mol. The smallest absolute Gasteiger partial charge is 0.0869 e. The van der Waals surface area contributed by atoms with Crippen molar-refractivity contribution in [2.75, 3.05) is 13.7 Å². The van der Waals surface area contributed by atoms with Gasteiger partial charge in [0.15, 0.2) is 0 Å². The molecule has 1 aliphatic carbocycles. The number of methoxy groups -OCH3 is 1. The van der Waals surface area contributed by atoms with Gasteiger partial charge in [-0.05, 0) is 44.6 Å². The van der Waals surface area contributed by atoms with Crippen molar-refractivity contribution >= 4 is 0 Å². The van der Waals surface area contributed by atoms with Crippen LogP contribution in [0.4, 0.5) is 0 Å². The highest BCUT2D eigenvalue weighted by Gasteiger charge is 2.44. The van der Waals surface area contributed by atoms with Gasteiger partial charge in [-0.25, -0.2) is 0 Å².